The van der Waals surface area contributed by atoms with Gasteiger partial charge in [-0.05, 0) is 70.5 Å². The standard InChI is InChI=1S/C28H35F3N8O/c1-27(2,3)39-25(32)20(14-34-39)26(40)33-12-6-7-21-19(13-28(29,30)31)22-8-5-9-23(38(22)36-21)35-24-17-10-11-18(24)16-37(4)15-17/h5,8-9,14,17-18,24,35H,10-13,15-16,32H2,1-4H3,(H,33,40). The van der Waals surface area contributed by atoms with Gasteiger partial charge in [0, 0.05) is 24.7 Å². The van der Waals surface area contributed by atoms with Crippen molar-refractivity contribution in [2.24, 2.45) is 11.8 Å². The molecule has 1 amide bonds. The Morgan fingerprint density at radius 1 is 1.18 bits per heavy atom. The van der Waals surface area contributed by atoms with Crippen LogP contribution < -0.4 is 16.4 Å². The van der Waals surface area contributed by atoms with Crippen LogP contribution in [0.25, 0.3) is 5.52 Å². The Balaban J connectivity index is 1.38. The minimum Gasteiger partial charge on any atom is -0.383 e. The molecular weight excluding hydrogens is 521 g/mol. The first-order valence-electron chi connectivity index (χ1n) is 13.5. The fourth-order valence-electron chi connectivity index (χ4n) is 5.98. The molecule has 0 spiro atoms. The number of anilines is 2. The van der Waals surface area contributed by atoms with Gasteiger partial charge in [0.05, 0.1) is 30.2 Å². The molecule has 3 aromatic heterocycles. The second kappa shape index (κ2) is 10.4. The lowest BCUT2D eigenvalue weighted by Crippen LogP contribution is -2.46. The predicted octanol–water partition coefficient (Wildman–Crippen LogP) is 3.51. The Labute approximate surface area is 231 Å². The lowest BCUT2D eigenvalue weighted by Gasteiger charge is -2.36. The number of halogens is 3. The van der Waals surface area contributed by atoms with Crippen LogP contribution in [0.3, 0.4) is 0 Å². The molecule has 0 radical (unpaired) electrons. The summed E-state index contributed by atoms with van der Waals surface area (Å²) in [6, 6.07) is 5.46. The Morgan fingerprint density at radius 2 is 1.88 bits per heavy atom. The topological polar surface area (TPSA) is 106 Å². The van der Waals surface area contributed by atoms with E-state index < -0.39 is 24.0 Å². The number of rotatable bonds is 5. The molecule has 5 rings (SSSR count). The van der Waals surface area contributed by atoms with Gasteiger partial charge in [0.15, 0.2) is 0 Å². The largest absolute Gasteiger partial charge is 0.393 e. The molecular formula is C28H35F3N8O. The molecule has 0 aromatic carbocycles. The zero-order valence-corrected chi connectivity index (χ0v) is 23.1. The van der Waals surface area contributed by atoms with E-state index in [0.717, 1.165) is 25.9 Å². The number of likely N-dealkylation sites (tertiary alicyclic amines) is 1. The van der Waals surface area contributed by atoms with Gasteiger partial charge >= 0.3 is 6.18 Å². The van der Waals surface area contributed by atoms with Crippen molar-refractivity contribution in [1.82, 2.24) is 29.6 Å². The number of fused-ring (bicyclic) bond motifs is 3. The van der Waals surface area contributed by atoms with E-state index in [1.807, 2.05) is 26.8 Å². The van der Waals surface area contributed by atoms with Crippen molar-refractivity contribution in [2.75, 3.05) is 37.7 Å². The first kappa shape index (κ1) is 27.8. The number of hydrogen-bond acceptors (Lipinski definition) is 6. The number of nitrogens with zero attached hydrogens (tertiary/aromatic N) is 5. The van der Waals surface area contributed by atoms with Crippen molar-refractivity contribution in [3.8, 4) is 11.8 Å². The third-order valence-corrected chi connectivity index (χ3v) is 7.70. The number of nitrogens with two attached hydrogens (primary N) is 1. The quantitative estimate of drug-likeness (QED) is 0.416. The third kappa shape index (κ3) is 5.61. The van der Waals surface area contributed by atoms with Crippen LogP contribution in [0.4, 0.5) is 24.8 Å². The van der Waals surface area contributed by atoms with Crippen LogP contribution in [0.15, 0.2) is 24.4 Å². The summed E-state index contributed by atoms with van der Waals surface area (Å²) in [5, 5.41) is 14.9. The maximum absolute atomic E-state index is 13.6. The van der Waals surface area contributed by atoms with Crippen LogP contribution in [-0.4, -0.2) is 69.1 Å². The van der Waals surface area contributed by atoms with Gasteiger partial charge in [-0.2, -0.15) is 23.4 Å². The first-order chi connectivity index (χ1) is 18.8. The lowest BCUT2D eigenvalue weighted by molar-refractivity contribution is -0.127. The monoisotopic (exact) mass is 556 g/mol. The molecule has 2 bridgehead atoms. The van der Waals surface area contributed by atoms with Crippen molar-refractivity contribution >= 4 is 23.1 Å². The summed E-state index contributed by atoms with van der Waals surface area (Å²) in [6.07, 6.45) is -1.94. The van der Waals surface area contributed by atoms with Gasteiger partial charge in [-0.1, -0.05) is 12.0 Å². The molecule has 2 atom stereocenters. The van der Waals surface area contributed by atoms with Gasteiger partial charge in [0.25, 0.3) is 5.91 Å². The second-order valence-corrected chi connectivity index (χ2v) is 11.8. The van der Waals surface area contributed by atoms with Crippen LogP contribution in [-0.2, 0) is 12.0 Å². The molecule has 2 fully saturated rings. The molecule has 4 N–H and O–H groups in total. The van der Waals surface area contributed by atoms with Gasteiger partial charge < -0.3 is 21.3 Å². The van der Waals surface area contributed by atoms with E-state index in [0.29, 0.717) is 23.2 Å². The van der Waals surface area contributed by atoms with Crippen LogP contribution in [0.5, 0.6) is 0 Å². The number of carbonyl (C=O) groups excluding carboxylic acids is 1. The van der Waals surface area contributed by atoms with Crippen molar-refractivity contribution in [2.45, 2.75) is 57.8 Å². The van der Waals surface area contributed by atoms with E-state index in [9.17, 15) is 18.0 Å². The average molecular weight is 557 g/mol. The Kier molecular flexibility index (Phi) is 7.20. The molecule has 214 valence electrons. The normalized spacial score (nSPS) is 21.3. The van der Waals surface area contributed by atoms with Crippen molar-refractivity contribution in [1.29, 1.82) is 0 Å². The molecule has 2 unspecified atom stereocenters. The fourth-order valence-corrected chi connectivity index (χ4v) is 5.98. The average Bonchev–Trinajstić information content (AvgIpc) is 3.48. The number of aromatic nitrogens is 4. The Hall–Kier alpha value is -3.72. The smallest absolute Gasteiger partial charge is 0.383 e. The fraction of sp³-hybridized carbons (Fsp3) is 0.536. The molecule has 9 nitrogen and oxygen atoms in total. The van der Waals surface area contributed by atoms with Gasteiger partial charge in [-0.3, -0.25) is 4.79 Å². The van der Waals surface area contributed by atoms with Gasteiger partial charge in [-0.15, -0.1) is 0 Å². The van der Waals surface area contributed by atoms with Crippen molar-refractivity contribution < 1.29 is 18.0 Å². The highest BCUT2D eigenvalue weighted by molar-refractivity contribution is 5.98. The molecule has 12 heteroatoms. The summed E-state index contributed by atoms with van der Waals surface area (Å²) < 4.78 is 43.8. The summed E-state index contributed by atoms with van der Waals surface area (Å²) in [5.74, 6) is 6.90. The predicted molar refractivity (Wildman–Crippen MR) is 147 cm³/mol. The number of pyridine rings is 1. The number of nitrogen functional groups attached to an aromatic ring is 1. The van der Waals surface area contributed by atoms with E-state index in [4.69, 9.17) is 5.73 Å². The van der Waals surface area contributed by atoms with E-state index >= 15 is 0 Å². The summed E-state index contributed by atoms with van der Waals surface area (Å²) in [7, 11) is 2.13. The number of alkyl halides is 3. The second-order valence-electron chi connectivity index (χ2n) is 11.8. The van der Waals surface area contributed by atoms with E-state index in [-0.39, 0.29) is 35.2 Å². The minimum absolute atomic E-state index is 0.0111. The number of amides is 1. The summed E-state index contributed by atoms with van der Waals surface area (Å²) in [5.41, 5.74) is 6.30. The Morgan fingerprint density at radius 3 is 2.50 bits per heavy atom. The zero-order valence-electron chi connectivity index (χ0n) is 23.1. The zero-order chi connectivity index (χ0) is 28.8. The first-order valence-corrected chi connectivity index (χ1v) is 13.5. The number of carbonyl (C=O) groups is 1. The van der Waals surface area contributed by atoms with Gasteiger partial charge in [0.1, 0.15) is 22.9 Å². The highest BCUT2D eigenvalue weighted by Crippen LogP contribution is 2.38. The molecule has 1 aliphatic carbocycles. The summed E-state index contributed by atoms with van der Waals surface area (Å²) in [6.45, 7) is 7.63. The summed E-state index contributed by atoms with van der Waals surface area (Å²) >= 11 is 0. The molecule has 40 heavy (non-hydrogen) atoms. The molecule has 1 aliphatic heterocycles. The van der Waals surface area contributed by atoms with Gasteiger partial charge in [0.2, 0.25) is 0 Å². The molecule has 3 aromatic rings. The van der Waals surface area contributed by atoms with Crippen molar-refractivity contribution in [3.05, 3.63) is 41.2 Å². The molecule has 2 aliphatic rings. The Bertz CT molecular complexity index is 1460. The number of hydrogen-bond donors (Lipinski definition) is 3. The third-order valence-electron chi connectivity index (χ3n) is 7.70. The summed E-state index contributed by atoms with van der Waals surface area (Å²) in [4.78, 5) is 15.0. The SMILES string of the molecule is CN1CC2CCC(C1)C2Nc1cccc2c(CC(F)(F)F)c(C#CCNC(=O)c3cnn(C(C)(C)C)c3N)nn12. The van der Waals surface area contributed by atoms with E-state index in [2.05, 4.69) is 44.6 Å². The van der Waals surface area contributed by atoms with E-state index in [1.165, 1.54) is 10.7 Å². The maximum atomic E-state index is 13.6. The van der Waals surface area contributed by atoms with E-state index in [1.54, 1.807) is 16.8 Å². The van der Waals surface area contributed by atoms with Crippen LogP contribution in [0, 0.1) is 23.7 Å². The van der Waals surface area contributed by atoms with Crippen molar-refractivity contribution in [3.63, 3.8) is 0 Å². The van der Waals surface area contributed by atoms with Crippen LogP contribution in [0.2, 0.25) is 0 Å². The van der Waals surface area contributed by atoms with Gasteiger partial charge in [-0.25, -0.2) is 9.20 Å². The number of nitrogens with one attached hydrogen (secondary N) is 2. The molecule has 1 saturated carbocycles. The highest BCUT2D eigenvalue weighted by atomic mass is 19.4. The lowest BCUT2D eigenvalue weighted by atomic mass is 9.92. The number of piperidine rings is 1. The van der Waals surface area contributed by atoms with Crippen LogP contribution in [0.1, 0.15) is 55.2 Å². The molecule has 1 saturated heterocycles. The minimum atomic E-state index is -4.44. The maximum Gasteiger partial charge on any atom is 0.393 e. The highest BCUT2D eigenvalue weighted by Gasteiger charge is 2.41. The molecule has 4 heterocycles. The van der Waals surface area contributed by atoms with Crippen LogP contribution >= 0.6 is 0 Å².